The Morgan fingerprint density at radius 2 is 0.965 bits per heavy atom. The minimum Gasteiger partial charge on any atom is -0.466 e. The second kappa shape index (κ2) is 20.3. The van der Waals surface area contributed by atoms with Gasteiger partial charge >= 0.3 is 0 Å². The molecule has 8 aromatic carbocycles. The van der Waals surface area contributed by atoms with E-state index in [2.05, 4.69) is 283 Å². The van der Waals surface area contributed by atoms with Gasteiger partial charge in [-0.25, -0.2) is 9.83 Å². The fraction of sp³-hybridized carbons (Fsp3) is 0.316. The lowest BCUT2D eigenvalue weighted by Gasteiger charge is -2.31. The van der Waals surface area contributed by atoms with Gasteiger partial charge in [-0.1, -0.05) is 210 Å². The number of rotatable bonds is 7. The first-order valence-corrected chi connectivity index (χ1v) is 30.6. The number of para-hydroxylation sites is 4. The summed E-state index contributed by atoms with van der Waals surface area (Å²) in [6.07, 6.45) is 1.91. The summed E-state index contributed by atoms with van der Waals surface area (Å²) in [5, 5.41) is 3.86. The highest BCUT2D eigenvalue weighted by Gasteiger charge is 2.34. The Kier molecular flexibility index (Phi) is 13.6. The van der Waals surface area contributed by atoms with Crippen LogP contribution in [0.4, 0.5) is 28.4 Å². The van der Waals surface area contributed by atoms with Crippen LogP contribution in [-0.2, 0) is 32.5 Å². The van der Waals surface area contributed by atoms with E-state index in [1.54, 1.807) is 0 Å². The Morgan fingerprint density at radius 3 is 1.52 bits per heavy atom. The zero-order chi connectivity index (χ0) is 61.4. The van der Waals surface area contributed by atoms with E-state index < -0.39 is 0 Å². The fourth-order valence-electron chi connectivity index (χ4n) is 12.3. The second-order valence-corrected chi connectivity index (χ2v) is 30.2. The van der Waals surface area contributed by atoms with Gasteiger partial charge in [0.2, 0.25) is 5.69 Å². The molecular formula is C79H83N5O2. The molecule has 11 aromatic rings. The van der Waals surface area contributed by atoms with E-state index in [1.165, 1.54) is 55.8 Å². The molecule has 0 unspecified atom stereocenters. The molecule has 0 atom stereocenters. The zero-order valence-corrected chi connectivity index (χ0v) is 53.8. The molecule has 0 amide bonds. The van der Waals surface area contributed by atoms with Crippen LogP contribution < -0.4 is 14.5 Å². The summed E-state index contributed by atoms with van der Waals surface area (Å²) in [6, 6.07) is 58.1. The quantitative estimate of drug-likeness (QED) is 0.149. The number of hydrogen-bond acceptors (Lipinski definition) is 5. The topological polar surface area (TPSA) is 51.0 Å². The molecule has 7 nitrogen and oxygen atoms in total. The molecular weight excluding hydrogens is 1050 g/mol. The van der Waals surface area contributed by atoms with Crippen LogP contribution in [0.5, 0.6) is 11.5 Å². The number of hydrogen-bond donors (Lipinski definition) is 0. The molecule has 0 aliphatic carbocycles. The monoisotopic (exact) mass is 1130 g/mol. The van der Waals surface area contributed by atoms with Crippen molar-refractivity contribution >= 4 is 72.2 Å². The minimum absolute atomic E-state index is 0.0717. The van der Waals surface area contributed by atoms with Crippen molar-refractivity contribution in [2.45, 2.75) is 157 Å². The van der Waals surface area contributed by atoms with Crippen LogP contribution in [0.1, 0.15) is 158 Å². The van der Waals surface area contributed by atoms with Gasteiger partial charge in [0, 0.05) is 51.3 Å². The molecule has 1 aliphatic rings. The molecule has 12 rings (SSSR count). The Hall–Kier alpha value is -8.60. The molecule has 436 valence electrons. The van der Waals surface area contributed by atoms with Gasteiger partial charge in [-0.3, -0.25) is 4.57 Å². The van der Waals surface area contributed by atoms with Crippen LogP contribution in [-0.4, -0.2) is 16.2 Å². The Balaban J connectivity index is 1.03. The number of benzene rings is 8. The Labute approximate surface area is 510 Å². The number of ether oxygens (including phenoxy) is 1. The van der Waals surface area contributed by atoms with Crippen molar-refractivity contribution in [2.75, 3.05) is 16.5 Å². The summed E-state index contributed by atoms with van der Waals surface area (Å²) >= 11 is 0. The van der Waals surface area contributed by atoms with E-state index in [0.717, 1.165) is 72.4 Å². The number of aromatic nitrogens is 2. The third-order valence-electron chi connectivity index (χ3n) is 17.6. The summed E-state index contributed by atoms with van der Waals surface area (Å²) < 4.78 is 16.2. The summed E-state index contributed by atoms with van der Waals surface area (Å²) in [5.41, 5.74) is 20.1. The Morgan fingerprint density at radius 1 is 0.442 bits per heavy atom. The first kappa shape index (κ1) is 57.8. The van der Waals surface area contributed by atoms with Crippen LogP contribution in [0, 0.1) is 6.57 Å². The molecule has 3 aromatic heterocycles. The van der Waals surface area contributed by atoms with E-state index in [4.69, 9.17) is 20.7 Å². The zero-order valence-electron chi connectivity index (χ0n) is 53.8. The highest BCUT2D eigenvalue weighted by molar-refractivity contribution is 6.24. The van der Waals surface area contributed by atoms with Crippen molar-refractivity contribution < 1.29 is 9.15 Å². The third kappa shape index (κ3) is 10.4. The summed E-state index contributed by atoms with van der Waals surface area (Å²) in [5.74, 6) is 2.25. The number of pyridine rings is 1. The summed E-state index contributed by atoms with van der Waals surface area (Å²) in [7, 11) is 0. The number of anilines is 4. The van der Waals surface area contributed by atoms with Gasteiger partial charge in [0.05, 0.1) is 40.1 Å². The predicted molar refractivity (Wildman–Crippen MR) is 364 cm³/mol. The molecule has 0 saturated heterocycles. The molecule has 0 N–H and O–H groups in total. The van der Waals surface area contributed by atoms with E-state index in [1.807, 2.05) is 24.4 Å². The van der Waals surface area contributed by atoms with Gasteiger partial charge < -0.3 is 19.0 Å². The lowest BCUT2D eigenvalue weighted by Crippen LogP contribution is -2.25. The fourth-order valence-corrected chi connectivity index (χ4v) is 12.3. The average molecular weight is 1130 g/mol. The van der Waals surface area contributed by atoms with Crippen LogP contribution in [0.2, 0.25) is 0 Å². The van der Waals surface area contributed by atoms with Crippen molar-refractivity contribution in [2.24, 2.45) is 0 Å². The van der Waals surface area contributed by atoms with Crippen molar-refractivity contribution in [3.63, 3.8) is 0 Å². The number of nitrogens with zero attached hydrogens (tertiary/aromatic N) is 5. The molecule has 0 spiro atoms. The molecule has 0 fully saturated rings. The SMILES string of the molecule is [C-]#[N+]c1cccc2c1oc1c2ccc2c1c1ccc(Oc3cc(N4CN(c5c(-c6cc(C(C)(C)C)cc(C(C)(C)C)c6)cccc5-c5cc(C(C)(C)C)cc(C(C)(C)C)c5)c5ccccc54)cc(C(C)(C)C)c3)cc1n2-c1cc(C(C)(C)C)ccn1. The lowest BCUT2D eigenvalue weighted by atomic mass is 9.77. The van der Waals surface area contributed by atoms with Crippen molar-refractivity contribution in [3.05, 3.63) is 209 Å². The van der Waals surface area contributed by atoms with E-state index in [9.17, 15) is 0 Å². The smallest absolute Gasteiger partial charge is 0.229 e. The van der Waals surface area contributed by atoms with Gasteiger partial charge in [-0.15, -0.1) is 0 Å². The minimum atomic E-state index is -0.219. The largest absolute Gasteiger partial charge is 0.466 e. The molecule has 1 aliphatic heterocycles. The number of fused-ring (bicyclic) bond motifs is 8. The van der Waals surface area contributed by atoms with Gasteiger partial charge in [-0.05, 0) is 138 Å². The Bertz CT molecular complexity index is 4400. The molecule has 4 heterocycles. The highest BCUT2D eigenvalue weighted by Crippen LogP contribution is 2.53. The molecule has 86 heavy (non-hydrogen) atoms. The van der Waals surface area contributed by atoms with Crippen molar-refractivity contribution in [3.8, 4) is 39.6 Å². The van der Waals surface area contributed by atoms with E-state index in [0.29, 0.717) is 23.7 Å². The van der Waals surface area contributed by atoms with Crippen LogP contribution in [0.25, 0.3) is 76.7 Å². The van der Waals surface area contributed by atoms with Gasteiger partial charge in [0.1, 0.15) is 35.2 Å². The van der Waals surface area contributed by atoms with E-state index in [-0.39, 0.29) is 32.5 Å². The lowest BCUT2D eigenvalue weighted by molar-refractivity contribution is 0.479. The van der Waals surface area contributed by atoms with Gasteiger partial charge in [-0.2, -0.15) is 0 Å². The first-order valence-electron chi connectivity index (χ1n) is 30.6. The third-order valence-corrected chi connectivity index (χ3v) is 17.6. The summed E-state index contributed by atoms with van der Waals surface area (Å²) in [6.45, 7) is 50.0. The molecule has 0 saturated carbocycles. The molecule has 0 radical (unpaired) electrons. The maximum atomic E-state index is 7.98. The van der Waals surface area contributed by atoms with Crippen molar-refractivity contribution in [1.29, 1.82) is 0 Å². The maximum Gasteiger partial charge on any atom is 0.229 e. The average Bonchev–Trinajstić information content (AvgIpc) is 1.55. The van der Waals surface area contributed by atoms with Crippen molar-refractivity contribution in [1.82, 2.24) is 9.55 Å². The normalized spacial score (nSPS) is 13.6. The van der Waals surface area contributed by atoms with Gasteiger partial charge in [0.15, 0.2) is 0 Å². The predicted octanol–water partition coefficient (Wildman–Crippen LogP) is 22.8. The first-order chi connectivity index (χ1) is 40.3. The molecule has 7 heteroatoms. The molecule has 0 bridgehead atoms. The maximum absolute atomic E-state index is 7.98. The summed E-state index contributed by atoms with van der Waals surface area (Å²) in [4.78, 5) is 13.9. The van der Waals surface area contributed by atoms with Crippen LogP contribution in [0.15, 0.2) is 168 Å². The van der Waals surface area contributed by atoms with Crippen LogP contribution in [0.3, 0.4) is 0 Å². The van der Waals surface area contributed by atoms with Gasteiger partial charge in [0.25, 0.3) is 0 Å². The second-order valence-electron chi connectivity index (χ2n) is 30.2. The number of furan rings is 1. The van der Waals surface area contributed by atoms with E-state index >= 15 is 0 Å². The highest BCUT2D eigenvalue weighted by atomic mass is 16.5. The standard InChI is InChI=1S/C79H83N5O2/c1-74(2,3)50-34-35-81-69(44-50)84-67-33-32-62-61-26-23-27-64(80-19)72(61)86-73(62)70(67)63-31-30-57(46-68(63)84)85-58-43-55(79(16,17)18)42-56(45-58)82-47-83(66-29-21-20-28-65(66)82)71-59(48-36-51(75(4,5)6)40-52(37-48)76(7,8)9)24-22-25-60(71)49-38-53(77(10,11)12)41-54(39-49)78(13,14)15/h20-46H,47H2,1-18H3. The van der Waals surface area contributed by atoms with Crippen LogP contribution >= 0.6 is 0 Å².